The van der Waals surface area contributed by atoms with Gasteiger partial charge >= 0.3 is 12.1 Å². The number of rotatable bonds is 5. The molecule has 2 atom stereocenters. The molecular formula is C17H12ClF3N2O4. The van der Waals surface area contributed by atoms with Crippen molar-refractivity contribution < 1.29 is 32.6 Å². The summed E-state index contributed by atoms with van der Waals surface area (Å²) < 4.78 is 43.1. The standard InChI is InChI=1S/C17H12ClF3N2O4/c18-13-5-8(17(19,20)21)7-22-15(13)27-10-3-1-9(2-4-10)23-14(24)11-6-12(11)16(25)26/h1-5,7,11-12H,6H2,(H,23,24)(H,25,26). The molecule has 0 aliphatic heterocycles. The minimum atomic E-state index is -4.56. The quantitative estimate of drug-likeness (QED) is 0.785. The van der Waals surface area contributed by atoms with Gasteiger partial charge in [-0.1, -0.05) is 11.6 Å². The Balaban J connectivity index is 1.63. The Morgan fingerprint density at radius 2 is 1.89 bits per heavy atom. The average molecular weight is 401 g/mol. The van der Waals surface area contributed by atoms with Crippen LogP contribution in [0.1, 0.15) is 12.0 Å². The fourth-order valence-corrected chi connectivity index (χ4v) is 2.57. The van der Waals surface area contributed by atoms with Gasteiger partial charge in [0.1, 0.15) is 10.8 Å². The van der Waals surface area contributed by atoms with E-state index in [2.05, 4.69) is 10.3 Å². The lowest BCUT2D eigenvalue weighted by atomic mass is 10.2. The summed E-state index contributed by atoms with van der Waals surface area (Å²) in [6.45, 7) is 0. The summed E-state index contributed by atoms with van der Waals surface area (Å²) in [6.07, 6.45) is -3.64. The fourth-order valence-electron chi connectivity index (χ4n) is 2.37. The molecule has 27 heavy (non-hydrogen) atoms. The van der Waals surface area contributed by atoms with Gasteiger partial charge in [-0.15, -0.1) is 0 Å². The molecule has 2 unspecified atom stereocenters. The minimum absolute atomic E-state index is 0.191. The number of halogens is 4. The van der Waals surface area contributed by atoms with Crippen LogP contribution >= 0.6 is 11.6 Å². The van der Waals surface area contributed by atoms with E-state index in [9.17, 15) is 22.8 Å². The Morgan fingerprint density at radius 1 is 1.22 bits per heavy atom. The van der Waals surface area contributed by atoms with Crippen LogP contribution in [0.4, 0.5) is 18.9 Å². The third-order valence-corrected chi connectivity index (χ3v) is 4.19. The van der Waals surface area contributed by atoms with Crippen molar-refractivity contribution in [2.24, 2.45) is 11.8 Å². The number of carbonyl (C=O) groups excluding carboxylic acids is 1. The minimum Gasteiger partial charge on any atom is -0.481 e. The zero-order valence-corrected chi connectivity index (χ0v) is 14.2. The highest BCUT2D eigenvalue weighted by Gasteiger charge is 2.48. The van der Waals surface area contributed by atoms with E-state index in [4.69, 9.17) is 21.4 Å². The van der Waals surface area contributed by atoms with Crippen molar-refractivity contribution in [2.45, 2.75) is 12.6 Å². The number of carboxylic acid groups (broad SMARTS) is 1. The number of carboxylic acids is 1. The average Bonchev–Trinajstić information content (AvgIpc) is 3.38. The van der Waals surface area contributed by atoms with Crippen LogP contribution in [0.25, 0.3) is 0 Å². The third kappa shape index (κ3) is 4.48. The first-order valence-electron chi connectivity index (χ1n) is 7.69. The number of ether oxygens (including phenoxy) is 1. The zero-order valence-electron chi connectivity index (χ0n) is 13.5. The maximum Gasteiger partial charge on any atom is 0.417 e. The molecule has 1 saturated carbocycles. The van der Waals surface area contributed by atoms with Gasteiger partial charge < -0.3 is 15.2 Å². The van der Waals surface area contributed by atoms with Crippen LogP contribution in [0.3, 0.4) is 0 Å². The van der Waals surface area contributed by atoms with Crippen LogP contribution in [-0.2, 0) is 15.8 Å². The molecule has 1 amide bonds. The second-order valence-corrected chi connectivity index (χ2v) is 6.32. The maximum absolute atomic E-state index is 12.6. The van der Waals surface area contributed by atoms with Crippen LogP contribution < -0.4 is 10.1 Å². The SMILES string of the molecule is O=C(O)C1CC1C(=O)Nc1ccc(Oc2ncc(C(F)(F)F)cc2Cl)cc1. The molecule has 0 bridgehead atoms. The highest BCUT2D eigenvalue weighted by atomic mass is 35.5. The van der Waals surface area contributed by atoms with E-state index >= 15 is 0 Å². The van der Waals surface area contributed by atoms with Gasteiger partial charge in [0.15, 0.2) is 0 Å². The van der Waals surface area contributed by atoms with Crippen LogP contribution in [0.2, 0.25) is 5.02 Å². The van der Waals surface area contributed by atoms with Crippen molar-refractivity contribution >= 4 is 29.2 Å². The summed E-state index contributed by atoms with van der Waals surface area (Å²) in [7, 11) is 0. The fraction of sp³-hybridized carbons (Fsp3) is 0.235. The lowest BCUT2D eigenvalue weighted by Crippen LogP contribution is -2.16. The second kappa shape index (κ2) is 7.07. The number of nitrogens with zero attached hydrogens (tertiary/aromatic N) is 1. The maximum atomic E-state index is 12.6. The summed E-state index contributed by atoms with van der Waals surface area (Å²) in [6, 6.07) is 6.65. The number of aromatic nitrogens is 1. The van der Waals surface area contributed by atoms with Crippen LogP contribution in [-0.4, -0.2) is 22.0 Å². The molecule has 1 fully saturated rings. The number of carbonyl (C=O) groups is 2. The Hall–Kier alpha value is -2.81. The normalized spacial score (nSPS) is 18.7. The molecule has 0 saturated heterocycles. The monoisotopic (exact) mass is 400 g/mol. The van der Waals surface area contributed by atoms with Crippen molar-refractivity contribution in [3.63, 3.8) is 0 Å². The number of nitrogens with one attached hydrogen (secondary N) is 1. The van der Waals surface area contributed by atoms with Crippen molar-refractivity contribution in [1.82, 2.24) is 4.98 Å². The summed E-state index contributed by atoms with van der Waals surface area (Å²) in [5.41, 5.74) is -0.562. The molecule has 142 valence electrons. The molecule has 1 aromatic heterocycles. The predicted molar refractivity (Wildman–Crippen MR) is 88.6 cm³/mol. The molecule has 1 aliphatic rings. The van der Waals surface area contributed by atoms with Crippen molar-refractivity contribution in [2.75, 3.05) is 5.32 Å². The van der Waals surface area contributed by atoms with Gasteiger partial charge in [-0.25, -0.2) is 4.98 Å². The van der Waals surface area contributed by atoms with Crippen molar-refractivity contribution in [3.8, 4) is 11.6 Å². The van der Waals surface area contributed by atoms with Crippen LogP contribution in [0.5, 0.6) is 11.6 Å². The first kappa shape index (κ1) is 19.0. The summed E-state index contributed by atoms with van der Waals surface area (Å²) >= 11 is 5.77. The topological polar surface area (TPSA) is 88.5 Å². The number of hydrogen-bond donors (Lipinski definition) is 2. The molecule has 1 aliphatic carbocycles. The van der Waals surface area contributed by atoms with Gasteiger partial charge in [-0.3, -0.25) is 9.59 Å². The molecule has 10 heteroatoms. The number of aliphatic carboxylic acids is 1. The molecule has 3 rings (SSSR count). The van der Waals surface area contributed by atoms with Gasteiger partial charge in [-0.2, -0.15) is 13.2 Å². The van der Waals surface area contributed by atoms with Gasteiger partial charge in [-0.05, 0) is 36.8 Å². The highest BCUT2D eigenvalue weighted by Crippen LogP contribution is 2.39. The first-order valence-corrected chi connectivity index (χ1v) is 8.07. The number of benzene rings is 1. The molecule has 2 N–H and O–H groups in total. The number of alkyl halides is 3. The molecule has 0 spiro atoms. The summed E-state index contributed by atoms with van der Waals surface area (Å²) in [4.78, 5) is 26.2. The largest absolute Gasteiger partial charge is 0.481 e. The number of hydrogen-bond acceptors (Lipinski definition) is 4. The van der Waals surface area contributed by atoms with Crippen LogP contribution in [0, 0.1) is 11.8 Å². The first-order chi connectivity index (χ1) is 12.6. The van der Waals surface area contributed by atoms with Gasteiger partial charge in [0, 0.05) is 11.9 Å². The summed E-state index contributed by atoms with van der Waals surface area (Å²) in [5.74, 6) is -2.53. The Kier molecular flexibility index (Phi) is 4.97. The smallest absolute Gasteiger partial charge is 0.417 e. The van der Waals surface area contributed by atoms with Crippen molar-refractivity contribution in [1.29, 1.82) is 0 Å². The molecule has 2 aromatic rings. The van der Waals surface area contributed by atoms with E-state index in [1.807, 2.05) is 0 Å². The van der Waals surface area contributed by atoms with Gasteiger partial charge in [0.25, 0.3) is 0 Å². The number of amides is 1. The Bertz CT molecular complexity index is 887. The third-order valence-electron chi connectivity index (χ3n) is 3.92. The second-order valence-electron chi connectivity index (χ2n) is 5.91. The van der Waals surface area contributed by atoms with Crippen LogP contribution in [0.15, 0.2) is 36.5 Å². The lowest BCUT2D eigenvalue weighted by Gasteiger charge is -2.10. The van der Waals surface area contributed by atoms with E-state index in [0.717, 1.165) is 0 Å². The van der Waals surface area contributed by atoms with E-state index < -0.39 is 29.5 Å². The zero-order chi connectivity index (χ0) is 19.8. The predicted octanol–water partition coefficient (Wildman–Crippen LogP) is 4.21. The molecule has 1 aromatic carbocycles. The van der Waals surface area contributed by atoms with E-state index in [1.54, 1.807) is 0 Å². The van der Waals surface area contributed by atoms with Crippen molar-refractivity contribution in [3.05, 3.63) is 47.1 Å². The molecule has 0 radical (unpaired) electrons. The number of anilines is 1. The number of pyridine rings is 1. The summed E-state index contributed by atoms with van der Waals surface area (Å²) in [5, 5.41) is 11.1. The Morgan fingerprint density at radius 3 is 2.41 bits per heavy atom. The highest BCUT2D eigenvalue weighted by molar-refractivity contribution is 6.31. The van der Waals surface area contributed by atoms with E-state index in [-0.39, 0.29) is 22.6 Å². The van der Waals surface area contributed by atoms with Gasteiger partial charge in [0.05, 0.1) is 17.4 Å². The molecule has 6 nitrogen and oxygen atoms in total. The Labute approximate surface area is 155 Å². The van der Waals surface area contributed by atoms with E-state index in [1.165, 1.54) is 24.3 Å². The van der Waals surface area contributed by atoms with Gasteiger partial charge in [0.2, 0.25) is 11.8 Å². The molecular weight excluding hydrogens is 389 g/mol. The molecule has 1 heterocycles. The van der Waals surface area contributed by atoms with E-state index in [0.29, 0.717) is 24.4 Å². The lowest BCUT2D eigenvalue weighted by molar-refractivity contribution is -0.140.